The van der Waals surface area contributed by atoms with E-state index in [1.807, 2.05) is 30.9 Å². The van der Waals surface area contributed by atoms with Crippen LogP contribution in [-0.4, -0.2) is 34.1 Å². The Morgan fingerprint density at radius 3 is 2.91 bits per heavy atom. The number of rotatable bonds is 3. The van der Waals surface area contributed by atoms with Gasteiger partial charge in [0.2, 0.25) is 11.8 Å². The molecule has 0 aliphatic carbocycles. The molecule has 2 aromatic heterocycles. The molecule has 0 N–H and O–H groups in total. The minimum Gasteiger partial charge on any atom is -0.420 e. The highest BCUT2D eigenvalue weighted by atomic mass is 32.1. The van der Waals surface area contributed by atoms with E-state index in [-0.39, 0.29) is 17.7 Å². The monoisotopic (exact) mass is 319 g/mol. The topological polar surface area (TPSA) is 59.2 Å². The van der Waals surface area contributed by atoms with Crippen molar-refractivity contribution in [1.82, 2.24) is 15.1 Å². The molecule has 118 valence electrons. The SMILES string of the molecule is Cc1ccc(-c2nnc([C@@H]3CCCN(C(=O)C(C)C)C3)o2)s1. The van der Waals surface area contributed by atoms with Gasteiger partial charge in [0.05, 0.1) is 10.8 Å². The zero-order valence-electron chi connectivity index (χ0n) is 13.2. The second kappa shape index (κ2) is 6.20. The van der Waals surface area contributed by atoms with Crippen molar-refractivity contribution in [2.45, 2.75) is 39.5 Å². The molecule has 1 atom stereocenters. The van der Waals surface area contributed by atoms with E-state index < -0.39 is 0 Å². The molecule has 3 rings (SSSR count). The summed E-state index contributed by atoms with van der Waals surface area (Å²) in [5.74, 6) is 1.63. The van der Waals surface area contributed by atoms with Crippen LogP contribution in [-0.2, 0) is 4.79 Å². The van der Waals surface area contributed by atoms with Gasteiger partial charge in [0.15, 0.2) is 0 Å². The molecular formula is C16H21N3O2S. The minimum absolute atomic E-state index is 0.0334. The fourth-order valence-corrected chi connectivity index (χ4v) is 3.58. The summed E-state index contributed by atoms with van der Waals surface area (Å²) in [4.78, 5) is 16.3. The Hall–Kier alpha value is -1.69. The number of hydrogen-bond donors (Lipinski definition) is 0. The molecule has 22 heavy (non-hydrogen) atoms. The van der Waals surface area contributed by atoms with E-state index in [1.54, 1.807) is 11.3 Å². The zero-order chi connectivity index (χ0) is 15.7. The van der Waals surface area contributed by atoms with Crippen molar-refractivity contribution in [3.8, 4) is 10.8 Å². The smallest absolute Gasteiger partial charge is 0.257 e. The van der Waals surface area contributed by atoms with Gasteiger partial charge in [0.25, 0.3) is 5.89 Å². The molecular weight excluding hydrogens is 298 g/mol. The maximum Gasteiger partial charge on any atom is 0.257 e. The van der Waals surface area contributed by atoms with E-state index in [9.17, 15) is 4.79 Å². The molecule has 0 radical (unpaired) electrons. The molecule has 5 nitrogen and oxygen atoms in total. The number of piperidine rings is 1. The average molecular weight is 319 g/mol. The van der Waals surface area contributed by atoms with Crippen LogP contribution in [0.2, 0.25) is 0 Å². The number of hydrogen-bond acceptors (Lipinski definition) is 5. The van der Waals surface area contributed by atoms with Crippen molar-refractivity contribution in [2.24, 2.45) is 5.92 Å². The van der Waals surface area contributed by atoms with Crippen LogP contribution in [0.25, 0.3) is 10.8 Å². The average Bonchev–Trinajstić information content (AvgIpc) is 3.15. The first-order chi connectivity index (χ1) is 10.5. The Kier molecular flexibility index (Phi) is 4.29. The molecule has 0 bridgehead atoms. The van der Waals surface area contributed by atoms with E-state index in [2.05, 4.69) is 17.1 Å². The van der Waals surface area contributed by atoms with Gasteiger partial charge in [-0.15, -0.1) is 21.5 Å². The Morgan fingerprint density at radius 2 is 2.23 bits per heavy atom. The van der Waals surface area contributed by atoms with Gasteiger partial charge in [-0.2, -0.15) is 0 Å². The van der Waals surface area contributed by atoms with Crippen molar-refractivity contribution in [1.29, 1.82) is 0 Å². The summed E-state index contributed by atoms with van der Waals surface area (Å²) >= 11 is 1.65. The van der Waals surface area contributed by atoms with Crippen LogP contribution in [0.15, 0.2) is 16.5 Å². The van der Waals surface area contributed by atoms with Crippen molar-refractivity contribution in [2.75, 3.05) is 13.1 Å². The molecule has 1 fully saturated rings. The molecule has 1 saturated heterocycles. The number of nitrogens with zero attached hydrogens (tertiary/aromatic N) is 3. The molecule has 0 spiro atoms. The first-order valence-electron chi connectivity index (χ1n) is 7.73. The van der Waals surface area contributed by atoms with Gasteiger partial charge in [-0.25, -0.2) is 0 Å². The lowest BCUT2D eigenvalue weighted by molar-refractivity contribution is -0.135. The Balaban J connectivity index is 1.74. The minimum atomic E-state index is 0.0334. The van der Waals surface area contributed by atoms with Gasteiger partial charge in [-0.05, 0) is 31.9 Å². The first-order valence-corrected chi connectivity index (χ1v) is 8.55. The number of thiophene rings is 1. The Labute approximate surface area is 134 Å². The molecule has 1 amide bonds. The normalized spacial score (nSPS) is 18.9. The molecule has 0 aromatic carbocycles. The van der Waals surface area contributed by atoms with Gasteiger partial charge >= 0.3 is 0 Å². The summed E-state index contributed by atoms with van der Waals surface area (Å²) in [5.41, 5.74) is 0. The van der Waals surface area contributed by atoms with Crippen LogP contribution < -0.4 is 0 Å². The van der Waals surface area contributed by atoms with Gasteiger partial charge in [0.1, 0.15) is 0 Å². The maximum absolute atomic E-state index is 12.2. The van der Waals surface area contributed by atoms with Crippen LogP contribution in [0.5, 0.6) is 0 Å². The predicted molar refractivity (Wildman–Crippen MR) is 85.7 cm³/mol. The van der Waals surface area contributed by atoms with Crippen LogP contribution in [0.1, 0.15) is 43.4 Å². The van der Waals surface area contributed by atoms with Crippen LogP contribution in [0, 0.1) is 12.8 Å². The molecule has 1 aliphatic heterocycles. The van der Waals surface area contributed by atoms with Crippen molar-refractivity contribution in [3.63, 3.8) is 0 Å². The second-order valence-electron chi connectivity index (χ2n) is 6.13. The van der Waals surface area contributed by atoms with Gasteiger partial charge in [-0.1, -0.05) is 13.8 Å². The molecule has 1 aliphatic rings. The third kappa shape index (κ3) is 3.06. The Morgan fingerprint density at radius 1 is 1.41 bits per heavy atom. The van der Waals surface area contributed by atoms with Crippen LogP contribution >= 0.6 is 11.3 Å². The summed E-state index contributed by atoms with van der Waals surface area (Å²) in [6, 6.07) is 4.06. The fraction of sp³-hybridized carbons (Fsp3) is 0.562. The van der Waals surface area contributed by atoms with E-state index in [0.29, 0.717) is 18.3 Å². The second-order valence-corrected chi connectivity index (χ2v) is 7.42. The standard InChI is InChI=1S/C16H21N3O2S/c1-10(2)16(20)19-8-4-5-12(9-19)14-17-18-15(21-14)13-7-6-11(3)22-13/h6-7,10,12H,4-5,8-9H2,1-3H3/t12-/m1/s1. The number of aryl methyl sites for hydroxylation is 1. The number of carbonyl (C=O) groups excluding carboxylic acids is 1. The quantitative estimate of drug-likeness (QED) is 0.869. The highest BCUT2D eigenvalue weighted by Gasteiger charge is 2.29. The number of carbonyl (C=O) groups is 1. The van der Waals surface area contributed by atoms with E-state index in [4.69, 9.17) is 4.42 Å². The summed E-state index contributed by atoms with van der Waals surface area (Å²) in [6.07, 6.45) is 1.98. The number of likely N-dealkylation sites (tertiary alicyclic amines) is 1. The lowest BCUT2D eigenvalue weighted by Crippen LogP contribution is -2.41. The fourth-order valence-electron chi connectivity index (χ4n) is 2.79. The van der Waals surface area contributed by atoms with E-state index in [1.165, 1.54) is 4.88 Å². The third-order valence-electron chi connectivity index (χ3n) is 3.97. The molecule has 6 heteroatoms. The molecule has 3 heterocycles. The molecule has 0 unspecified atom stereocenters. The highest BCUT2D eigenvalue weighted by molar-refractivity contribution is 7.15. The summed E-state index contributed by atoms with van der Waals surface area (Å²) in [5, 5.41) is 8.39. The lowest BCUT2D eigenvalue weighted by Gasteiger charge is -2.32. The number of aromatic nitrogens is 2. The predicted octanol–water partition coefficient (Wildman–Crippen LogP) is 3.47. The van der Waals surface area contributed by atoms with Crippen molar-refractivity contribution in [3.05, 3.63) is 22.9 Å². The van der Waals surface area contributed by atoms with Crippen LogP contribution in [0.4, 0.5) is 0 Å². The van der Waals surface area contributed by atoms with Crippen molar-refractivity contribution < 1.29 is 9.21 Å². The first kappa shape index (κ1) is 15.2. The van der Waals surface area contributed by atoms with Gasteiger partial charge in [-0.3, -0.25) is 4.79 Å². The maximum atomic E-state index is 12.2. The Bertz CT molecular complexity index is 662. The largest absolute Gasteiger partial charge is 0.420 e. The van der Waals surface area contributed by atoms with Gasteiger partial charge < -0.3 is 9.32 Å². The van der Waals surface area contributed by atoms with E-state index in [0.717, 1.165) is 24.3 Å². The number of amides is 1. The summed E-state index contributed by atoms with van der Waals surface area (Å²) in [7, 11) is 0. The molecule has 0 saturated carbocycles. The van der Waals surface area contributed by atoms with Crippen molar-refractivity contribution >= 4 is 17.2 Å². The molecule has 2 aromatic rings. The zero-order valence-corrected chi connectivity index (χ0v) is 14.0. The summed E-state index contributed by atoms with van der Waals surface area (Å²) < 4.78 is 5.86. The van der Waals surface area contributed by atoms with Crippen LogP contribution in [0.3, 0.4) is 0 Å². The highest BCUT2D eigenvalue weighted by Crippen LogP contribution is 2.31. The third-order valence-corrected chi connectivity index (χ3v) is 4.96. The van der Waals surface area contributed by atoms with Gasteiger partial charge in [0, 0.05) is 23.9 Å². The lowest BCUT2D eigenvalue weighted by atomic mass is 9.97. The van der Waals surface area contributed by atoms with E-state index >= 15 is 0 Å². The summed E-state index contributed by atoms with van der Waals surface area (Å²) in [6.45, 7) is 7.45.